The van der Waals surface area contributed by atoms with Gasteiger partial charge in [0, 0.05) is 72.6 Å². The Balaban J connectivity index is 0.00000448. The molecule has 0 spiro atoms. The number of aromatic nitrogens is 3. The van der Waals surface area contributed by atoms with Gasteiger partial charge in [0.1, 0.15) is 17.2 Å². The molecule has 2 amide bonds. The van der Waals surface area contributed by atoms with E-state index in [2.05, 4.69) is 4.57 Å². The molecule has 2 atom stereocenters. The summed E-state index contributed by atoms with van der Waals surface area (Å²) in [5.41, 5.74) is 4.96. The monoisotopic (exact) mass is 731 g/mol. The van der Waals surface area contributed by atoms with E-state index in [0.717, 1.165) is 22.4 Å². The number of hydrogen-bond donors (Lipinski definition) is 0. The van der Waals surface area contributed by atoms with Gasteiger partial charge in [-0.1, -0.05) is 24.3 Å². The standard InChI is InChI=1S/C37H35FN5O6S.ClH/c1-39(2)36(46)43-20-29(27-13-10-24(18-31(27)43)23-8-11-26(38)12-9-23)33(44)28-14-17-41-32(28)21-50-34(41)25-6-4-15-40(19-25)22-49-37(47)42-16-5-7-30(42)35(45)48-3;/h4,6,8-15,17-20,30,34H,5,7,16,21-22H2,1-3H3;1H/q+1;/p-1/t30-,34+;/m0./s1. The number of thioether (sulfide) groups is 1. The van der Waals surface area contributed by atoms with Crippen LogP contribution in [0, 0.1) is 5.82 Å². The summed E-state index contributed by atoms with van der Waals surface area (Å²) in [5, 5.41) is 0.524. The van der Waals surface area contributed by atoms with E-state index in [1.54, 1.807) is 55.0 Å². The van der Waals surface area contributed by atoms with E-state index in [-0.39, 0.29) is 42.1 Å². The van der Waals surface area contributed by atoms with Crippen LogP contribution >= 0.6 is 11.8 Å². The van der Waals surface area contributed by atoms with Crippen LogP contribution in [0.4, 0.5) is 14.0 Å². The first-order valence-electron chi connectivity index (χ1n) is 16.1. The fourth-order valence-electron chi connectivity index (χ4n) is 6.65. The molecule has 2 aliphatic heterocycles. The van der Waals surface area contributed by atoms with Crippen LogP contribution in [0.25, 0.3) is 22.0 Å². The van der Waals surface area contributed by atoms with Crippen molar-refractivity contribution in [1.82, 2.24) is 18.9 Å². The Morgan fingerprint density at radius 3 is 2.53 bits per heavy atom. The maximum atomic E-state index is 14.2. The molecule has 51 heavy (non-hydrogen) atoms. The van der Waals surface area contributed by atoms with E-state index < -0.39 is 18.1 Å². The number of halogens is 2. The number of methoxy groups -OCH3 is 1. The summed E-state index contributed by atoms with van der Waals surface area (Å²) >= 11 is 1.67. The second-order valence-electron chi connectivity index (χ2n) is 12.5. The highest BCUT2D eigenvalue weighted by Crippen LogP contribution is 2.42. The first-order chi connectivity index (χ1) is 24.1. The number of nitrogens with zero attached hydrogens (tertiary/aromatic N) is 5. The molecular weight excluding hydrogens is 697 g/mol. The maximum absolute atomic E-state index is 14.2. The van der Waals surface area contributed by atoms with Gasteiger partial charge >= 0.3 is 18.1 Å². The van der Waals surface area contributed by atoms with E-state index in [1.807, 2.05) is 48.8 Å². The Morgan fingerprint density at radius 1 is 1.02 bits per heavy atom. The van der Waals surface area contributed by atoms with Crippen LogP contribution < -0.4 is 17.0 Å². The molecule has 11 nitrogen and oxygen atoms in total. The third kappa shape index (κ3) is 6.71. The van der Waals surface area contributed by atoms with Gasteiger partial charge in [-0.2, -0.15) is 4.57 Å². The minimum atomic E-state index is -0.633. The molecule has 2 aromatic carbocycles. The fourth-order valence-corrected chi connectivity index (χ4v) is 7.96. The quantitative estimate of drug-likeness (QED) is 0.144. The van der Waals surface area contributed by atoms with Gasteiger partial charge < -0.3 is 31.3 Å². The SMILES string of the molecule is COC(=O)[C@@H]1CCCN1C(=O)OC[n+]1cccc([C@H]2SCc3c(C(=O)c4cn(C(=O)N(C)C)c5cc(-c6ccc(F)cc6)ccc45)ccn32)c1.[Cl-]. The Kier molecular flexibility index (Phi) is 10.2. The Morgan fingerprint density at radius 2 is 1.78 bits per heavy atom. The number of benzene rings is 2. The minimum Gasteiger partial charge on any atom is -1.00 e. The van der Waals surface area contributed by atoms with Crippen molar-refractivity contribution in [2.45, 2.75) is 36.7 Å². The van der Waals surface area contributed by atoms with Crippen molar-refractivity contribution in [2.24, 2.45) is 0 Å². The van der Waals surface area contributed by atoms with E-state index in [9.17, 15) is 23.6 Å². The number of ether oxygens (including phenoxy) is 2. The summed E-state index contributed by atoms with van der Waals surface area (Å²) in [6.45, 7) is 0.401. The van der Waals surface area contributed by atoms with Crippen LogP contribution in [-0.4, -0.2) is 76.6 Å². The van der Waals surface area contributed by atoms with Crippen LogP contribution in [0.2, 0.25) is 0 Å². The second-order valence-corrected chi connectivity index (χ2v) is 13.5. The normalized spacial score (nSPS) is 16.4. The molecule has 5 heterocycles. The largest absolute Gasteiger partial charge is 1.00 e. The zero-order chi connectivity index (χ0) is 35.1. The van der Waals surface area contributed by atoms with E-state index in [0.29, 0.717) is 47.2 Å². The number of amides is 2. The average Bonchev–Trinajstić information content (AvgIpc) is 3.93. The molecule has 0 radical (unpaired) electrons. The van der Waals surface area contributed by atoms with Crippen LogP contribution in [-0.2, 0) is 26.8 Å². The van der Waals surface area contributed by atoms with E-state index >= 15 is 0 Å². The Hall–Kier alpha value is -5.14. The molecule has 7 rings (SSSR count). The molecule has 0 aliphatic carbocycles. The number of ketones is 1. The number of pyridine rings is 1. The van der Waals surface area contributed by atoms with Crippen molar-refractivity contribution >= 4 is 46.5 Å². The first-order valence-corrected chi connectivity index (χ1v) is 17.2. The molecule has 1 saturated heterocycles. The van der Waals surface area contributed by atoms with Gasteiger partial charge in [0.15, 0.2) is 18.2 Å². The van der Waals surface area contributed by atoms with Crippen LogP contribution in [0.5, 0.6) is 0 Å². The molecular formula is C37H35ClFN5O6S. The van der Waals surface area contributed by atoms with Gasteiger partial charge in [-0.15, -0.1) is 11.8 Å². The summed E-state index contributed by atoms with van der Waals surface area (Å²) in [4.78, 5) is 55.2. The number of carbonyl (C=O) groups excluding carboxylic acids is 4. The van der Waals surface area contributed by atoms with Crippen molar-refractivity contribution in [3.8, 4) is 11.1 Å². The number of likely N-dealkylation sites (tertiary alicyclic amines) is 1. The molecule has 3 aromatic heterocycles. The third-order valence-electron chi connectivity index (χ3n) is 9.18. The predicted molar refractivity (Wildman–Crippen MR) is 184 cm³/mol. The molecule has 0 unspecified atom stereocenters. The lowest BCUT2D eigenvalue weighted by molar-refractivity contribution is -0.727. The Labute approximate surface area is 303 Å². The second kappa shape index (κ2) is 14.6. The summed E-state index contributed by atoms with van der Waals surface area (Å²) in [6, 6.07) is 16.4. The highest BCUT2D eigenvalue weighted by molar-refractivity contribution is 7.99. The summed E-state index contributed by atoms with van der Waals surface area (Å²) < 4.78 is 29.3. The van der Waals surface area contributed by atoms with Gasteiger partial charge in [0.05, 0.1) is 12.6 Å². The summed E-state index contributed by atoms with van der Waals surface area (Å²) in [6.07, 6.45) is 7.89. The number of esters is 1. The van der Waals surface area contributed by atoms with Gasteiger partial charge in [-0.05, 0) is 54.3 Å². The van der Waals surface area contributed by atoms with Gasteiger partial charge in [-0.25, -0.2) is 18.8 Å². The van der Waals surface area contributed by atoms with Gasteiger partial charge in [0.2, 0.25) is 0 Å². The van der Waals surface area contributed by atoms with Crippen molar-refractivity contribution in [3.05, 3.63) is 114 Å². The lowest BCUT2D eigenvalue weighted by Gasteiger charge is -2.21. The number of hydrogen-bond acceptors (Lipinski definition) is 7. The maximum Gasteiger partial charge on any atom is 0.415 e. The first kappa shape index (κ1) is 35.7. The number of fused-ring (bicyclic) bond motifs is 2. The van der Waals surface area contributed by atoms with Crippen molar-refractivity contribution in [1.29, 1.82) is 0 Å². The van der Waals surface area contributed by atoms with E-state index in [1.165, 1.54) is 33.6 Å². The summed E-state index contributed by atoms with van der Waals surface area (Å²) in [7, 11) is 4.62. The molecule has 0 saturated carbocycles. The van der Waals surface area contributed by atoms with Gasteiger partial charge in [0.25, 0.3) is 6.73 Å². The predicted octanol–water partition coefficient (Wildman–Crippen LogP) is 2.83. The lowest BCUT2D eigenvalue weighted by Crippen LogP contribution is -3.00. The molecule has 1 fully saturated rings. The van der Waals surface area contributed by atoms with Crippen molar-refractivity contribution < 1.29 is 50.0 Å². The number of rotatable bonds is 7. The topological polar surface area (TPSA) is 107 Å². The summed E-state index contributed by atoms with van der Waals surface area (Å²) in [5.74, 6) is -0.379. The molecule has 0 N–H and O–H groups in total. The molecule has 0 bridgehead atoms. The molecule has 14 heteroatoms. The molecule has 264 valence electrons. The zero-order valence-electron chi connectivity index (χ0n) is 28.1. The van der Waals surface area contributed by atoms with Crippen LogP contribution in [0.1, 0.15) is 45.4 Å². The smallest absolute Gasteiger partial charge is 0.415 e. The fraction of sp³-hybridized carbons (Fsp3) is 0.270. The average molecular weight is 732 g/mol. The minimum absolute atomic E-state index is 0. The van der Waals surface area contributed by atoms with E-state index in [4.69, 9.17) is 9.47 Å². The van der Waals surface area contributed by atoms with Crippen LogP contribution in [0.3, 0.4) is 0 Å². The zero-order valence-corrected chi connectivity index (χ0v) is 29.7. The Bertz CT molecular complexity index is 2150. The third-order valence-corrected chi connectivity index (χ3v) is 10.4. The lowest BCUT2D eigenvalue weighted by atomic mass is 10.00. The molecule has 5 aromatic rings. The van der Waals surface area contributed by atoms with Crippen LogP contribution in [0.15, 0.2) is 85.5 Å². The van der Waals surface area contributed by atoms with Crippen molar-refractivity contribution in [2.75, 3.05) is 27.7 Å². The highest BCUT2D eigenvalue weighted by atomic mass is 35.5. The van der Waals surface area contributed by atoms with Crippen molar-refractivity contribution in [3.63, 3.8) is 0 Å². The highest BCUT2D eigenvalue weighted by Gasteiger charge is 2.36. The number of carbonyl (C=O) groups is 4. The van der Waals surface area contributed by atoms with Gasteiger partial charge in [-0.3, -0.25) is 14.3 Å². The molecule has 2 aliphatic rings.